The molecule has 0 saturated carbocycles. The lowest BCUT2D eigenvalue weighted by atomic mass is 10.1. The van der Waals surface area contributed by atoms with Crippen molar-refractivity contribution in [3.8, 4) is 5.75 Å². The molecule has 1 atom stereocenters. The largest absolute Gasteiger partial charge is 0.508 e. The minimum absolute atomic E-state index is 0.0783. The third-order valence-corrected chi connectivity index (χ3v) is 4.41. The smallest absolute Gasteiger partial charge is 0.231 e. The van der Waals surface area contributed by atoms with Crippen LogP contribution in [0, 0.1) is 9.49 Å². The second kappa shape index (κ2) is 7.33. The summed E-state index contributed by atoms with van der Waals surface area (Å²) in [7, 11) is 0. The molecule has 5 heteroatoms. The molecule has 2 rings (SSSR count). The molecule has 0 radical (unpaired) electrons. The first kappa shape index (κ1) is 17.1. The summed E-state index contributed by atoms with van der Waals surface area (Å²) in [5.74, 6) is -0.217. The highest BCUT2D eigenvalue weighted by molar-refractivity contribution is 14.1. The number of amides is 1. The van der Waals surface area contributed by atoms with Gasteiger partial charge in [0, 0.05) is 20.7 Å². The van der Waals surface area contributed by atoms with Crippen LogP contribution in [-0.4, -0.2) is 11.0 Å². The molecule has 0 fully saturated rings. The molecule has 0 bridgehead atoms. The van der Waals surface area contributed by atoms with E-state index in [2.05, 4.69) is 22.6 Å². The van der Waals surface area contributed by atoms with Gasteiger partial charge in [-0.3, -0.25) is 9.69 Å². The van der Waals surface area contributed by atoms with E-state index in [0.29, 0.717) is 11.3 Å². The summed E-state index contributed by atoms with van der Waals surface area (Å²) >= 11 is 8.74. The van der Waals surface area contributed by atoms with E-state index < -0.39 is 5.50 Å². The third kappa shape index (κ3) is 3.73. The van der Waals surface area contributed by atoms with Crippen LogP contribution in [0.2, 0.25) is 0 Å². The van der Waals surface area contributed by atoms with E-state index in [-0.39, 0.29) is 17.6 Å². The molecule has 0 saturated heterocycles. The third-order valence-electron chi connectivity index (χ3n) is 3.26. The van der Waals surface area contributed by atoms with Gasteiger partial charge in [-0.05, 0) is 52.9 Å². The molecule has 0 aliphatic rings. The van der Waals surface area contributed by atoms with Gasteiger partial charge >= 0.3 is 0 Å². The van der Waals surface area contributed by atoms with Gasteiger partial charge in [-0.15, -0.1) is 0 Å². The first-order chi connectivity index (χ1) is 10.4. The Labute approximate surface area is 149 Å². The van der Waals surface area contributed by atoms with Crippen LogP contribution < -0.4 is 4.90 Å². The molecule has 2 aromatic carbocycles. The molecule has 0 aromatic heterocycles. The summed E-state index contributed by atoms with van der Waals surface area (Å²) in [4.78, 5) is 14.1. The average molecular weight is 430 g/mol. The zero-order chi connectivity index (χ0) is 16.3. The zero-order valence-corrected chi connectivity index (χ0v) is 15.2. The van der Waals surface area contributed by atoms with Crippen LogP contribution in [0.15, 0.2) is 48.5 Å². The summed E-state index contributed by atoms with van der Waals surface area (Å²) in [5.41, 5.74) is 0.454. The highest BCUT2D eigenvalue weighted by atomic mass is 127. The van der Waals surface area contributed by atoms with Gasteiger partial charge in [-0.1, -0.05) is 43.6 Å². The Morgan fingerprint density at radius 1 is 1.14 bits per heavy atom. The van der Waals surface area contributed by atoms with Crippen LogP contribution in [0.1, 0.15) is 24.9 Å². The van der Waals surface area contributed by atoms with Gasteiger partial charge in [-0.25, -0.2) is 0 Å². The molecule has 116 valence electrons. The molecule has 2 aromatic rings. The van der Waals surface area contributed by atoms with E-state index in [1.54, 1.807) is 24.3 Å². The van der Waals surface area contributed by atoms with E-state index in [1.807, 2.05) is 38.1 Å². The van der Waals surface area contributed by atoms with Crippen LogP contribution in [0.25, 0.3) is 0 Å². The number of benzene rings is 2. The van der Waals surface area contributed by atoms with Gasteiger partial charge in [0.15, 0.2) is 0 Å². The van der Waals surface area contributed by atoms with Crippen molar-refractivity contribution in [3.05, 3.63) is 57.7 Å². The first-order valence-corrected chi connectivity index (χ1v) is 8.44. The van der Waals surface area contributed by atoms with Crippen molar-refractivity contribution in [1.82, 2.24) is 0 Å². The number of phenols is 1. The van der Waals surface area contributed by atoms with Crippen molar-refractivity contribution < 1.29 is 9.90 Å². The number of rotatable bonds is 4. The number of carbonyl (C=O) groups is 1. The van der Waals surface area contributed by atoms with E-state index in [9.17, 15) is 9.90 Å². The Balaban J connectivity index is 2.47. The van der Waals surface area contributed by atoms with Crippen LogP contribution in [0.3, 0.4) is 0 Å². The van der Waals surface area contributed by atoms with Gasteiger partial charge in [0.1, 0.15) is 11.3 Å². The van der Waals surface area contributed by atoms with Gasteiger partial charge in [-0.2, -0.15) is 0 Å². The second-order valence-electron chi connectivity index (χ2n) is 5.23. The number of phenolic OH excluding ortho intramolecular Hbond substituents is 1. The summed E-state index contributed by atoms with van der Waals surface area (Å²) < 4.78 is 1.08. The molecule has 1 N–H and O–H groups in total. The molecule has 0 heterocycles. The summed E-state index contributed by atoms with van der Waals surface area (Å²) in [6, 6.07) is 14.4. The van der Waals surface area contributed by atoms with Gasteiger partial charge < -0.3 is 5.11 Å². The Hall–Kier alpha value is -1.27. The fraction of sp³-hybridized carbons (Fsp3) is 0.235. The van der Waals surface area contributed by atoms with Crippen molar-refractivity contribution in [2.45, 2.75) is 19.3 Å². The Morgan fingerprint density at radius 3 is 2.27 bits per heavy atom. The number of alkyl halides is 1. The van der Waals surface area contributed by atoms with Crippen molar-refractivity contribution in [3.63, 3.8) is 0 Å². The minimum atomic E-state index is -0.767. The molecule has 0 spiro atoms. The summed E-state index contributed by atoms with van der Waals surface area (Å²) in [6.07, 6.45) is 0. The van der Waals surface area contributed by atoms with Crippen molar-refractivity contribution in [1.29, 1.82) is 0 Å². The Bertz CT molecular complexity index is 658. The van der Waals surface area contributed by atoms with Gasteiger partial charge in [0.25, 0.3) is 0 Å². The molecule has 22 heavy (non-hydrogen) atoms. The first-order valence-electron chi connectivity index (χ1n) is 6.92. The van der Waals surface area contributed by atoms with E-state index in [0.717, 1.165) is 3.57 Å². The van der Waals surface area contributed by atoms with Crippen molar-refractivity contribution in [2.24, 2.45) is 5.92 Å². The van der Waals surface area contributed by atoms with Crippen LogP contribution in [0.5, 0.6) is 5.75 Å². The maximum Gasteiger partial charge on any atom is 0.231 e. The monoisotopic (exact) mass is 429 g/mol. The lowest BCUT2D eigenvalue weighted by Crippen LogP contribution is -2.35. The van der Waals surface area contributed by atoms with E-state index >= 15 is 0 Å². The van der Waals surface area contributed by atoms with E-state index in [4.69, 9.17) is 11.6 Å². The molecule has 0 aliphatic carbocycles. The normalized spacial score (nSPS) is 12.2. The van der Waals surface area contributed by atoms with Gasteiger partial charge in [0.2, 0.25) is 5.91 Å². The predicted molar refractivity (Wildman–Crippen MR) is 98.2 cm³/mol. The van der Waals surface area contributed by atoms with Crippen LogP contribution in [0.4, 0.5) is 5.69 Å². The lowest BCUT2D eigenvalue weighted by molar-refractivity contribution is -0.121. The molecular weight excluding hydrogens is 413 g/mol. The average Bonchev–Trinajstić information content (AvgIpc) is 2.49. The quantitative estimate of drug-likeness (QED) is 0.426. The highest BCUT2D eigenvalue weighted by Crippen LogP contribution is 2.36. The SMILES string of the molecule is CC(C)C(=O)N(c1ccc(I)cc1)[C@@H](Cl)c1ccccc1O. The fourth-order valence-corrected chi connectivity index (χ4v) is 2.83. The fourth-order valence-electron chi connectivity index (χ4n) is 2.08. The molecule has 0 aliphatic heterocycles. The van der Waals surface area contributed by atoms with Crippen LogP contribution >= 0.6 is 34.2 Å². The van der Waals surface area contributed by atoms with Crippen LogP contribution in [-0.2, 0) is 4.79 Å². The highest BCUT2D eigenvalue weighted by Gasteiger charge is 2.28. The molecule has 0 unspecified atom stereocenters. The number of anilines is 1. The summed E-state index contributed by atoms with van der Waals surface area (Å²) in [5, 5.41) is 10.0. The number of nitrogens with zero attached hydrogens (tertiary/aromatic N) is 1. The number of halogens is 2. The number of carbonyl (C=O) groups excluding carboxylic acids is 1. The lowest BCUT2D eigenvalue weighted by Gasteiger charge is -2.30. The van der Waals surface area contributed by atoms with Crippen molar-refractivity contribution in [2.75, 3.05) is 4.90 Å². The van der Waals surface area contributed by atoms with Gasteiger partial charge in [0.05, 0.1) is 0 Å². The molecule has 3 nitrogen and oxygen atoms in total. The van der Waals surface area contributed by atoms with E-state index in [1.165, 1.54) is 4.90 Å². The molecule has 1 amide bonds. The maximum atomic E-state index is 12.6. The number of para-hydroxylation sites is 1. The van der Waals surface area contributed by atoms with Crippen molar-refractivity contribution >= 4 is 45.8 Å². The summed E-state index contributed by atoms with van der Waals surface area (Å²) in [6.45, 7) is 3.66. The minimum Gasteiger partial charge on any atom is -0.508 e. The number of aromatic hydroxyl groups is 1. The molecular formula is C17H17ClINO2. The Kier molecular flexibility index (Phi) is 5.69. The topological polar surface area (TPSA) is 40.5 Å². The second-order valence-corrected chi connectivity index (χ2v) is 6.89. The number of hydrogen-bond acceptors (Lipinski definition) is 2. The Morgan fingerprint density at radius 2 is 1.73 bits per heavy atom. The standard InChI is InChI=1S/C17H17ClINO2/c1-11(2)17(22)20(13-9-7-12(19)8-10-13)16(18)14-5-3-4-6-15(14)21/h3-11,16,21H,1-2H3/t16-/m1/s1. The maximum absolute atomic E-state index is 12.6. The number of hydrogen-bond donors (Lipinski definition) is 1. The zero-order valence-electron chi connectivity index (χ0n) is 12.3. The predicted octanol–water partition coefficient (Wildman–Crippen LogP) is 4.92.